The molecule has 0 aromatic heterocycles. The van der Waals surface area contributed by atoms with Gasteiger partial charge >= 0.3 is 5.92 Å². The molecule has 0 aromatic rings. The second-order valence-corrected chi connectivity index (χ2v) is 3.61. The van der Waals surface area contributed by atoms with Crippen LogP contribution in [-0.2, 0) is 4.79 Å². The average Bonchev–Trinajstić information content (AvgIpc) is 2.15. The van der Waals surface area contributed by atoms with Crippen LogP contribution in [0, 0.1) is 0 Å². The summed E-state index contributed by atoms with van der Waals surface area (Å²) in [4.78, 5) is 14.6. The molecule has 14 heavy (non-hydrogen) atoms. The Morgan fingerprint density at radius 2 is 1.79 bits per heavy atom. The number of halogens is 2. The van der Waals surface area contributed by atoms with Crippen LogP contribution in [-0.4, -0.2) is 54.4 Å². The molecule has 0 N–H and O–H groups in total. The predicted molar refractivity (Wildman–Crippen MR) is 49.3 cm³/mol. The minimum atomic E-state index is -3.23. The normalized spacial score (nSPS) is 19.9. The first-order valence-corrected chi connectivity index (χ1v) is 4.84. The zero-order valence-corrected chi connectivity index (χ0v) is 8.59. The van der Waals surface area contributed by atoms with Gasteiger partial charge in [-0.25, -0.2) is 0 Å². The molecule has 5 heteroatoms. The molecule has 0 bridgehead atoms. The average molecular weight is 206 g/mol. The van der Waals surface area contributed by atoms with Crippen LogP contribution < -0.4 is 0 Å². The molecular formula is C9H16F2N2O. The third-order valence-corrected chi connectivity index (χ3v) is 2.48. The van der Waals surface area contributed by atoms with E-state index in [1.165, 1.54) is 4.90 Å². The van der Waals surface area contributed by atoms with E-state index in [0.717, 1.165) is 6.54 Å². The molecule has 0 unspecified atom stereocenters. The molecular weight excluding hydrogens is 190 g/mol. The van der Waals surface area contributed by atoms with Crippen molar-refractivity contribution in [3.8, 4) is 0 Å². The fourth-order valence-corrected chi connectivity index (χ4v) is 1.54. The van der Waals surface area contributed by atoms with E-state index in [-0.39, 0.29) is 0 Å². The van der Waals surface area contributed by atoms with Crippen LogP contribution in [0.1, 0.15) is 13.8 Å². The van der Waals surface area contributed by atoms with Gasteiger partial charge in [0.15, 0.2) is 0 Å². The Morgan fingerprint density at radius 3 is 2.14 bits per heavy atom. The fourth-order valence-electron chi connectivity index (χ4n) is 1.54. The molecule has 0 aromatic carbocycles. The number of amides is 1. The predicted octanol–water partition coefficient (Wildman–Crippen LogP) is 0.806. The number of nitrogens with zero attached hydrogens (tertiary/aromatic N) is 2. The van der Waals surface area contributed by atoms with Gasteiger partial charge in [0.1, 0.15) is 0 Å². The topological polar surface area (TPSA) is 23.6 Å². The number of rotatable bonds is 2. The van der Waals surface area contributed by atoms with Crippen molar-refractivity contribution < 1.29 is 13.6 Å². The Labute approximate surface area is 82.7 Å². The van der Waals surface area contributed by atoms with Crippen LogP contribution in [0.3, 0.4) is 0 Å². The first-order valence-electron chi connectivity index (χ1n) is 4.84. The Balaban J connectivity index is 2.46. The minimum Gasteiger partial charge on any atom is -0.335 e. The highest BCUT2D eigenvalue weighted by Gasteiger charge is 2.37. The third-order valence-electron chi connectivity index (χ3n) is 2.48. The summed E-state index contributed by atoms with van der Waals surface area (Å²) in [6.07, 6.45) is 0. The monoisotopic (exact) mass is 206 g/mol. The number of likely N-dealkylation sites (N-methyl/N-ethyl adjacent to an activating group) is 1. The summed E-state index contributed by atoms with van der Waals surface area (Å²) in [5.41, 5.74) is 0. The lowest BCUT2D eigenvalue weighted by Crippen LogP contribution is -2.52. The maximum Gasteiger partial charge on any atom is 0.322 e. The summed E-state index contributed by atoms with van der Waals surface area (Å²) in [6.45, 7) is 5.79. The van der Waals surface area contributed by atoms with Gasteiger partial charge in [-0.15, -0.1) is 0 Å². The van der Waals surface area contributed by atoms with Crippen molar-refractivity contribution in [2.75, 3.05) is 32.7 Å². The molecule has 1 aliphatic heterocycles. The van der Waals surface area contributed by atoms with Crippen LogP contribution >= 0.6 is 0 Å². The first kappa shape index (κ1) is 11.4. The van der Waals surface area contributed by atoms with Gasteiger partial charge in [-0.05, 0) is 6.54 Å². The van der Waals surface area contributed by atoms with Crippen molar-refractivity contribution in [2.45, 2.75) is 19.8 Å². The number of hydrogen-bond acceptors (Lipinski definition) is 2. The highest BCUT2D eigenvalue weighted by Crippen LogP contribution is 2.16. The lowest BCUT2D eigenvalue weighted by atomic mass is 10.2. The lowest BCUT2D eigenvalue weighted by molar-refractivity contribution is -0.156. The number of hydrogen-bond donors (Lipinski definition) is 0. The minimum absolute atomic E-state index is 0.413. The number of carbonyl (C=O) groups is 1. The second kappa shape index (κ2) is 4.21. The molecule has 0 spiro atoms. The highest BCUT2D eigenvalue weighted by molar-refractivity contribution is 5.83. The quantitative estimate of drug-likeness (QED) is 0.667. The summed E-state index contributed by atoms with van der Waals surface area (Å²) < 4.78 is 25.3. The van der Waals surface area contributed by atoms with Crippen molar-refractivity contribution in [3.63, 3.8) is 0 Å². The standard InChI is InChI=1S/C9H16F2N2O/c1-3-12-4-6-13(7-5-12)8(14)9(2,10)11/h3-7H2,1-2H3. The summed E-state index contributed by atoms with van der Waals surface area (Å²) in [7, 11) is 0. The Hall–Kier alpha value is -0.710. The molecule has 1 rings (SSSR count). The van der Waals surface area contributed by atoms with Crippen molar-refractivity contribution in [1.29, 1.82) is 0 Å². The molecule has 0 atom stereocenters. The van der Waals surface area contributed by atoms with Crippen LogP contribution in [0.4, 0.5) is 8.78 Å². The number of piperazine rings is 1. The van der Waals surface area contributed by atoms with E-state index >= 15 is 0 Å². The molecule has 3 nitrogen and oxygen atoms in total. The van der Waals surface area contributed by atoms with E-state index in [1.54, 1.807) is 0 Å². The van der Waals surface area contributed by atoms with Gasteiger partial charge in [-0.1, -0.05) is 6.92 Å². The van der Waals surface area contributed by atoms with Gasteiger partial charge in [0.2, 0.25) is 0 Å². The molecule has 1 fully saturated rings. The van der Waals surface area contributed by atoms with Gasteiger partial charge in [0, 0.05) is 33.1 Å². The smallest absolute Gasteiger partial charge is 0.322 e. The fraction of sp³-hybridized carbons (Fsp3) is 0.889. The number of alkyl halides is 2. The molecule has 1 amide bonds. The van der Waals surface area contributed by atoms with Crippen molar-refractivity contribution in [3.05, 3.63) is 0 Å². The molecule has 0 radical (unpaired) electrons. The highest BCUT2D eigenvalue weighted by atomic mass is 19.3. The Kier molecular flexibility index (Phi) is 3.42. The Morgan fingerprint density at radius 1 is 1.29 bits per heavy atom. The van der Waals surface area contributed by atoms with Crippen LogP contribution in [0.2, 0.25) is 0 Å². The van der Waals surface area contributed by atoms with Crippen LogP contribution in [0.5, 0.6) is 0 Å². The zero-order valence-electron chi connectivity index (χ0n) is 8.59. The summed E-state index contributed by atoms with van der Waals surface area (Å²) in [6, 6.07) is 0. The summed E-state index contributed by atoms with van der Waals surface area (Å²) in [5, 5.41) is 0. The van der Waals surface area contributed by atoms with Crippen LogP contribution in [0.15, 0.2) is 0 Å². The first-order chi connectivity index (χ1) is 6.45. The van der Waals surface area contributed by atoms with Gasteiger partial charge in [-0.3, -0.25) is 4.79 Å². The van der Waals surface area contributed by atoms with Crippen molar-refractivity contribution >= 4 is 5.91 Å². The van der Waals surface area contributed by atoms with E-state index in [1.807, 2.05) is 6.92 Å². The van der Waals surface area contributed by atoms with E-state index in [4.69, 9.17) is 0 Å². The summed E-state index contributed by atoms with van der Waals surface area (Å²) in [5.74, 6) is -4.28. The second-order valence-electron chi connectivity index (χ2n) is 3.61. The van der Waals surface area contributed by atoms with Gasteiger partial charge < -0.3 is 9.80 Å². The number of carbonyl (C=O) groups excluding carboxylic acids is 1. The molecule has 1 heterocycles. The molecule has 1 saturated heterocycles. The van der Waals surface area contributed by atoms with Gasteiger partial charge in [-0.2, -0.15) is 8.78 Å². The molecule has 1 aliphatic rings. The largest absolute Gasteiger partial charge is 0.335 e. The lowest BCUT2D eigenvalue weighted by Gasteiger charge is -2.35. The molecule has 0 saturated carbocycles. The van der Waals surface area contributed by atoms with Crippen LogP contribution in [0.25, 0.3) is 0 Å². The maximum atomic E-state index is 12.7. The zero-order chi connectivity index (χ0) is 10.8. The summed E-state index contributed by atoms with van der Waals surface area (Å²) >= 11 is 0. The van der Waals surface area contributed by atoms with E-state index in [0.29, 0.717) is 33.1 Å². The van der Waals surface area contributed by atoms with E-state index < -0.39 is 11.8 Å². The SMILES string of the molecule is CCN1CCN(C(=O)C(C)(F)F)CC1. The van der Waals surface area contributed by atoms with E-state index in [2.05, 4.69) is 4.90 Å². The van der Waals surface area contributed by atoms with Gasteiger partial charge in [0.25, 0.3) is 5.91 Å². The Bertz CT molecular complexity index is 207. The molecule has 82 valence electrons. The van der Waals surface area contributed by atoms with Crippen molar-refractivity contribution in [2.24, 2.45) is 0 Å². The van der Waals surface area contributed by atoms with Crippen molar-refractivity contribution in [1.82, 2.24) is 9.80 Å². The molecule has 0 aliphatic carbocycles. The van der Waals surface area contributed by atoms with Gasteiger partial charge in [0.05, 0.1) is 0 Å². The third kappa shape index (κ3) is 2.64. The maximum absolute atomic E-state index is 12.7. The van der Waals surface area contributed by atoms with E-state index in [9.17, 15) is 13.6 Å².